The van der Waals surface area contributed by atoms with Crippen molar-refractivity contribution in [3.05, 3.63) is 28.8 Å². The molecule has 1 aromatic rings. The Hall–Kier alpha value is -0.730. The first-order valence-electron chi connectivity index (χ1n) is 6.96. The van der Waals surface area contributed by atoms with E-state index in [1.807, 2.05) is 0 Å². The molecule has 0 spiro atoms. The van der Waals surface area contributed by atoms with Crippen LogP contribution in [0.5, 0.6) is 0 Å². The average Bonchev–Trinajstić information content (AvgIpc) is 3.15. The number of anilines is 1. The molecule has 1 saturated carbocycles. The quantitative estimate of drug-likeness (QED) is 0.837. The van der Waals surface area contributed by atoms with Gasteiger partial charge in [0.2, 0.25) is 0 Å². The maximum absolute atomic E-state index is 6.42. The molecule has 2 nitrogen and oxygen atoms in total. The number of nitrogens with one attached hydrogen (secondary N) is 1. The zero-order chi connectivity index (χ0) is 13.1. The standard InChI is InChI=1S/C15H23ClN2/c1-4-17-11(3)14-9-8-13(10-15(14)16)18(5-2)12-6-7-12/h8-12,17H,4-7H2,1-3H3. The van der Waals surface area contributed by atoms with Crippen molar-refractivity contribution in [2.45, 2.75) is 45.7 Å². The summed E-state index contributed by atoms with van der Waals surface area (Å²) >= 11 is 6.42. The summed E-state index contributed by atoms with van der Waals surface area (Å²) < 4.78 is 0. The first kappa shape index (κ1) is 13.7. The summed E-state index contributed by atoms with van der Waals surface area (Å²) in [5.41, 5.74) is 2.45. The van der Waals surface area contributed by atoms with Gasteiger partial charge in [-0.25, -0.2) is 0 Å². The van der Waals surface area contributed by atoms with Gasteiger partial charge in [0, 0.05) is 29.3 Å². The summed E-state index contributed by atoms with van der Waals surface area (Å²) in [6.45, 7) is 8.50. The van der Waals surface area contributed by atoms with Crippen LogP contribution in [0.15, 0.2) is 18.2 Å². The number of hydrogen-bond acceptors (Lipinski definition) is 2. The fourth-order valence-corrected chi connectivity index (χ4v) is 2.84. The van der Waals surface area contributed by atoms with E-state index in [4.69, 9.17) is 11.6 Å². The Labute approximate surface area is 115 Å². The van der Waals surface area contributed by atoms with Gasteiger partial charge >= 0.3 is 0 Å². The Balaban J connectivity index is 2.18. The molecule has 1 N–H and O–H groups in total. The molecular weight excluding hydrogens is 244 g/mol. The van der Waals surface area contributed by atoms with Crippen LogP contribution < -0.4 is 10.2 Å². The van der Waals surface area contributed by atoms with Crippen molar-refractivity contribution in [3.8, 4) is 0 Å². The van der Waals surface area contributed by atoms with E-state index in [1.165, 1.54) is 24.1 Å². The zero-order valence-corrected chi connectivity index (χ0v) is 12.3. The highest BCUT2D eigenvalue weighted by molar-refractivity contribution is 6.31. The lowest BCUT2D eigenvalue weighted by atomic mass is 10.1. The predicted octanol–water partition coefficient (Wildman–Crippen LogP) is 4.00. The van der Waals surface area contributed by atoms with Crippen LogP contribution in [-0.2, 0) is 0 Å². The third-order valence-electron chi connectivity index (χ3n) is 3.62. The Morgan fingerprint density at radius 2 is 2.11 bits per heavy atom. The van der Waals surface area contributed by atoms with Crippen LogP contribution in [0.3, 0.4) is 0 Å². The monoisotopic (exact) mass is 266 g/mol. The van der Waals surface area contributed by atoms with Gasteiger partial charge < -0.3 is 10.2 Å². The molecule has 0 saturated heterocycles. The lowest BCUT2D eigenvalue weighted by molar-refractivity contribution is 0.598. The Morgan fingerprint density at radius 1 is 1.39 bits per heavy atom. The highest BCUT2D eigenvalue weighted by Gasteiger charge is 2.28. The van der Waals surface area contributed by atoms with Gasteiger partial charge in [-0.15, -0.1) is 0 Å². The van der Waals surface area contributed by atoms with Crippen molar-refractivity contribution >= 4 is 17.3 Å². The molecule has 1 aliphatic rings. The largest absolute Gasteiger partial charge is 0.369 e. The van der Waals surface area contributed by atoms with Gasteiger partial charge in [0.25, 0.3) is 0 Å². The Morgan fingerprint density at radius 3 is 2.61 bits per heavy atom. The van der Waals surface area contributed by atoms with E-state index in [2.05, 4.69) is 49.2 Å². The summed E-state index contributed by atoms with van der Waals surface area (Å²) in [6.07, 6.45) is 2.64. The van der Waals surface area contributed by atoms with Crippen molar-refractivity contribution < 1.29 is 0 Å². The van der Waals surface area contributed by atoms with Crippen LogP contribution in [0.25, 0.3) is 0 Å². The summed E-state index contributed by atoms with van der Waals surface area (Å²) in [7, 11) is 0. The van der Waals surface area contributed by atoms with Gasteiger partial charge in [-0.3, -0.25) is 0 Å². The van der Waals surface area contributed by atoms with Crippen LogP contribution in [0.4, 0.5) is 5.69 Å². The van der Waals surface area contributed by atoms with Crippen LogP contribution in [0.1, 0.15) is 45.2 Å². The molecular formula is C15H23ClN2. The molecule has 100 valence electrons. The van der Waals surface area contributed by atoms with Gasteiger partial charge in [0.1, 0.15) is 0 Å². The number of benzene rings is 1. The first-order valence-corrected chi connectivity index (χ1v) is 7.34. The second-order valence-corrected chi connectivity index (χ2v) is 5.41. The zero-order valence-electron chi connectivity index (χ0n) is 11.5. The van der Waals surface area contributed by atoms with E-state index >= 15 is 0 Å². The predicted molar refractivity (Wildman–Crippen MR) is 79.6 cm³/mol. The fraction of sp³-hybridized carbons (Fsp3) is 0.600. The molecule has 0 aromatic heterocycles. The topological polar surface area (TPSA) is 15.3 Å². The smallest absolute Gasteiger partial charge is 0.0474 e. The van der Waals surface area contributed by atoms with Crippen LogP contribution in [0.2, 0.25) is 5.02 Å². The molecule has 1 unspecified atom stereocenters. The molecule has 3 heteroatoms. The minimum atomic E-state index is 0.313. The van der Waals surface area contributed by atoms with Gasteiger partial charge in [-0.1, -0.05) is 24.6 Å². The van der Waals surface area contributed by atoms with Gasteiger partial charge in [0.05, 0.1) is 0 Å². The summed E-state index contributed by atoms with van der Waals surface area (Å²) in [5, 5.41) is 4.28. The van der Waals surface area contributed by atoms with Crippen molar-refractivity contribution in [2.24, 2.45) is 0 Å². The highest BCUT2D eigenvalue weighted by atomic mass is 35.5. The molecule has 0 amide bonds. The van der Waals surface area contributed by atoms with Crippen molar-refractivity contribution in [3.63, 3.8) is 0 Å². The van der Waals surface area contributed by atoms with Crippen molar-refractivity contribution in [1.82, 2.24) is 5.32 Å². The Kier molecular flexibility index (Phi) is 4.52. The lowest BCUT2D eigenvalue weighted by Gasteiger charge is -2.24. The summed E-state index contributed by atoms with van der Waals surface area (Å²) in [6, 6.07) is 7.54. The third-order valence-corrected chi connectivity index (χ3v) is 3.95. The first-order chi connectivity index (χ1) is 8.67. The molecule has 1 aliphatic carbocycles. The van der Waals surface area contributed by atoms with Gasteiger partial charge in [-0.05, 0) is 50.9 Å². The normalized spacial score (nSPS) is 16.7. The molecule has 1 fully saturated rings. The van der Waals surface area contributed by atoms with Crippen LogP contribution >= 0.6 is 11.6 Å². The number of rotatable bonds is 6. The third kappa shape index (κ3) is 2.99. The second-order valence-electron chi connectivity index (χ2n) is 5.00. The number of nitrogens with zero attached hydrogens (tertiary/aromatic N) is 1. The van der Waals surface area contributed by atoms with E-state index < -0.39 is 0 Å². The van der Waals surface area contributed by atoms with Crippen LogP contribution in [-0.4, -0.2) is 19.1 Å². The molecule has 1 aromatic carbocycles. The molecule has 0 bridgehead atoms. The molecule has 1 atom stereocenters. The van der Waals surface area contributed by atoms with E-state index in [-0.39, 0.29) is 0 Å². The van der Waals surface area contributed by atoms with Gasteiger partial charge in [-0.2, -0.15) is 0 Å². The van der Waals surface area contributed by atoms with E-state index in [1.54, 1.807) is 0 Å². The number of hydrogen-bond donors (Lipinski definition) is 1. The lowest BCUT2D eigenvalue weighted by Crippen LogP contribution is -2.25. The fourth-order valence-electron chi connectivity index (χ4n) is 2.50. The van der Waals surface area contributed by atoms with E-state index in [0.717, 1.165) is 24.2 Å². The molecule has 18 heavy (non-hydrogen) atoms. The van der Waals surface area contributed by atoms with E-state index in [9.17, 15) is 0 Å². The molecule has 0 aliphatic heterocycles. The SMILES string of the molecule is CCNC(C)c1ccc(N(CC)C2CC2)cc1Cl. The maximum Gasteiger partial charge on any atom is 0.0474 e. The van der Waals surface area contributed by atoms with Gasteiger partial charge in [0.15, 0.2) is 0 Å². The second kappa shape index (κ2) is 5.94. The average molecular weight is 267 g/mol. The Bertz CT molecular complexity index is 401. The minimum absolute atomic E-state index is 0.313. The van der Waals surface area contributed by atoms with Crippen molar-refractivity contribution in [1.29, 1.82) is 0 Å². The summed E-state index contributed by atoms with van der Waals surface area (Å²) in [4.78, 5) is 2.45. The highest BCUT2D eigenvalue weighted by Crippen LogP contribution is 2.34. The van der Waals surface area contributed by atoms with Crippen LogP contribution in [0, 0.1) is 0 Å². The molecule has 2 rings (SSSR count). The maximum atomic E-state index is 6.42. The molecule has 0 radical (unpaired) electrons. The summed E-state index contributed by atoms with van der Waals surface area (Å²) in [5.74, 6) is 0. The van der Waals surface area contributed by atoms with E-state index in [0.29, 0.717) is 6.04 Å². The van der Waals surface area contributed by atoms with Crippen molar-refractivity contribution in [2.75, 3.05) is 18.0 Å². The molecule has 0 heterocycles. The minimum Gasteiger partial charge on any atom is -0.369 e. The number of halogens is 1.